The van der Waals surface area contributed by atoms with Crippen LogP contribution < -0.4 is 5.32 Å². The van der Waals surface area contributed by atoms with Crippen LogP contribution in [0.25, 0.3) is 0 Å². The summed E-state index contributed by atoms with van der Waals surface area (Å²) >= 11 is 0. The Morgan fingerprint density at radius 3 is 2.47 bits per heavy atom. The Labute approximate surface area is 110 Å². The van der Waals surface area contributed by atoms with Crippen LogP contribution in [0, 0.1) is 0 Å². The zero-order valence-electron chi connectivity index (χ0n) is 10.4. The molecular formula is C14H13NO4. The number of hydrogen-bond donors (Lipinski definition) is 1. The van der Waals surface area contributed by atoms with Gasteiger partial charge in [0.15, 0.2) is 0 Å². The maximum Gasteiger partial charge on any atom is 0.335 e. The largest absolute Gasteiger partial charge is 0.466 e. The van der Waals surface area contributed by atoms with Crippen LogP contribution in [-0.2, 0) is 14.3 Å². The van der Waals surface area contributed by atoms with Crippen molar-refractivity contribution in [3.8, 4) is 0 Å². The number of hydrogen-bond acceptors (Lipinski definition) is 4. The Hall–Kier alpha value is -2.43. The molecule has 0 spiro atoms. The van der Waals surface area contributed by atoms with Crippen LogP contribution in [-0.4, -0.2) is 24.8 Å². The number of methoxy groups -OCH3 is 1. The number of carbonyl (C=O) groups excluding carboxylic acids is 3. The van der Waals surface area contributed by atoms with E-state index < -0.39 is 5.97 Å². The lowest BCUT2D eigenvalue weighted by atomic mass is 9.97. The van der Waals surface area contributed by atoms with Gasteiger partial charge in [-0.2, -0.15) is 0 Å². The fourth-order valence-electron chi connectivity index (χ4n) is 1.90. The molecule has 0 saturated heterocycles. The first kappa shape index (κ1) is 13.0. The molecule has 1 aromatic carbocycles. The summed E-state index contributed by atoms with van der Waals surface area (Å²) in [5.41, 5.74) is 0.659. The number of allylic oxidation sites excluding steroid dienone is 1. The van der Waals surface area contributed by atoms with E-state index in [-0.39, 0.29) is 35.8 Å². The maximum atomic E-state index is 12.3. The topological polar surface area (TPSA) is 72.5 Å². The lowest BCUT2D eigenvalue weighted by molar-refractivity contribution is -0.136. The van der Waals surface area contributed by atoms with Crippen molar-refractivity contribution in [3.05, 3.63) is 47.2 Å². The van der Waals surface area contributed by atoms with E-state index in [2.05, 4.69) is 10.1 Å². The lowest BCUT2D eigenvalue weighted by Gasteiger charge is -2.18. The molecule has 0 fully saturated rings. The normalized spacial score (nSPS) is 14.9. The van der Waals surface area contributed by atoms with Gasteiger partial charge in [-0.05, 0) is 6.42 Å². The molecule has 0 bridgehead atoms. The number of Topliss-reactive ketones (excluding diaryl/α,β-unsaturated/α-hetero) is 1. The Morgan fingerprint density at radius 1 is 1.16 bits per heavy atom. The smallest absolute Gasteiger partial charge is 0.335 e. The fourth-order valence-corrected chi connectivity index (χ4v) is 1.90. The molecule has 0 atom stereocenters. The molecular weight excluding hydrogens is 246 g/mol. The molecule has 1 aliphatic heterocycles. The van der Waals surface area contributed by atoms with Crippen molar-refractivity contribution in [2.45, 2.75) is 12.8 Å². The molecule has 5 nitrogen and oxygen atoms in total. The third kappa shape index (κ3) is 2.70. The van der Waals surface area contributed by atoms with Crippen LogP contribution in [0.4, 0.5) is 0 Å². The highest BCUT2D eigenvalue weighted by molar-refractivity contribution is 6.15. The summed E-state index contributed by atoms with van der Waals surface area (Å²) in [6.07, 6.45) is 0.391. The predicted octanol–water partition coefficient (Wildman–Crippen LogP) is 1.21. The molecule has 1 heterocycles. The van der Waals surface area contributed by atoms with Gasteiger partial charge in [0, 0.05) is 12.0 Å². The third-order valence-corrected chi connectivity index (χ3v) is 2.86. The Bertz CT molecular complexity index is 560. The molecule has 0 radical (unpaired) electrons. The van der Waals surface area contributed by atoms with Crippen LogP contribution >= 0.6 is 0 Å². The van der Waals surface area contributed by atoms with Gasteiger partial charge in [0.25, 0.3) is 0 Å². The van der Waals surface area contributed by atoms with Crippen molar-refractivity contribution >= 4 is 17.7 Å². The summed E-state index contributed by atoms with van der Waals surface area (Å²) in [4.78, 5) is 35.3. The Kier molecular flexibility index (Phi) is 3.75. The predicted molar refractivity (Wildman–Crippen MR) is 67.2 cm³/mol. The van der Waals surface area contributed by atoms with Gasteiger partial charge >= 0.3 is 5.97 Å². The number of benzene rings is 1. The van der Waals surface area contributed by atoms with E-state index in [0.29, 0.717) is 5.56 Å². The number of carbonyl (C=O) groups is 3. The molecule has 98 valence electrons. The number of ketones is 1. The van der Waals surface area contributed by atoms with Gasteiger partial charge in [-0.25, -0.2) is 4.79 Å². The SMILES string of the molecule is COC(=O)C1=C(C(=O)c2ccccc2)NC(=O)CC1. The molecule has 0 aliphatic carbocycles. The first-order valence-corrected chi connectivity index (χ1v) is 5.84. The average molecular weight is 259 g/mol. The molecule has 5 heteroatoms. The third-order valence-electron chi connectivity index (χ3n) is 2.86. The second-order valence-corrected chi connectivity index (χ2v) is 4.09. The van der Waals surface area contributed by atoms with Crippen LogP contribution in [0.15, 0.2) is 41.6 Å². The first-order valence-electron chi connectivity index (χ1n) is 5.84. The lowest BCUT2D eigenvalue weighted by Crippen LogP contribution is -2.34. The summed E-state index contributed by atoms with van der Waals surface area (Å²) in [5, 5.41) is 2.47. The minimum absolute atomic E-state index is 0.0225. The first-order chi connectivity index (χ1) is 9.13. The van der Waals surface area contributed by atoms with Crippen molar-refractivity contribution in [2.24, 2.45) is 0 Å². The quantitative estimate of drug-likeness (QED) is 0.654. The van der Waals surface area contributed by atoms with Crippen molar-refractivity contribution in [3.63, 3.8) is 0 Å². The molecule has 2 rings (SSSR count). The Balaban J connectivity index is 2.42. The van der Waals surface area contributed by atoms with E-state index in [1.807, 2.05) is 0 Å². The van der Waals surface area contributed by atoms with Gasteiger partial charge in [-0.1, -0.05) is 30.3 Å². The van der Waals surface area contributed by atoms with Crippen LogP contribution in [0.2, 0.25) is 0 Å². The fraction of sp³-hybridized carbons (Fsp3) is 0.214. The number of rotatable bonds is 3. The van der Waals surface area contributed by atoms with Crippen LogP contribution in [0.3, 0.4) is 0 Å². The van der Waals surface area contributed by atoms with Gasteiger partial charge in [-0.15, -0.1) is 0 Å². The average Bonchev–Trinajstić information content (AvgIpc) is 2.46. The van der Waals surface area contributed by atoms with Crippen molar-refractivity contribution in [2.75, 3.05) is 7.11 Å². The molecule has 1 amide bonds. The second-order valence-electron chi connectivity index (χ2n) is 4.09. The van der Waals surface area contributed by atoms with Crippen molar-refractivity contribution in [1.29, 1.82) is 0 Å². The molecule has 19 heavy (non-hydrogen) atoms. The standard InChI is InChI=1S/C14H13NO4/c1-19-14(18)10-7-8-11(16)15-12(10)13(17)9-5-3-2-4-6-9/h2-6H,7-8H2,1H3,(H,15,16). The highest BCUT2D eigenvalue weighted by atomic mass is 16.5. The van der Waals surface area contributed by atoms with Gasteiger partial charge in [0.05, 0.1) is 18.4 Å². The molecule has 1 aromatic rings. The number of amides is 1. The summed E-state index contributed by atoms with van der Waals surface area (Å²) in [5.74, 6) is -1.24. The summed E-state index contributed by atoms with van der Waals surface area (Å²) in [7, 11) is 1.25. The minimum atomic E-state index is -0.584. The maximum absolute atomic E-state index is 12.3. The molecule has 0 unspecified atom stereocenters. The summed E-state index contributed by atoms with van der Waals surface area (Å²) < 4.78 is 4.64. The number of esters is 1. The van der Waals surface area contributed by atoms with Crippen LogP contribution in [0.5, 0.6) is 0 Å². The zero-order valence-corrected chi connectivity index (χ0v) is 10.4. The highest BCUT2D eigenvalue weighted by Crippen LogP contribution is 2.20. The molecule has 0 saturated carbocycles. The van der Waals surface area contributed by atoms with E-state index in [9.17, 15) is 14.4 Å². The van der Waals surface area contributed by atoms with Gasteiger partial charge in [0.1, 0.15) is 0 Å². The van der Waals surface area contributed by atoms with Gasteiger partial charge in [0.2, 0.25) is 11.7 Å². The second kappa shape index (κ2) is 5.48. The van der Waals surface area contributed by atoms with Crippen LogP contribution in [0.1, 0.15) is 23.2 Å². The van der Waals surface area contributed by atoms with Crippen molar-refractivity contribution < 1.29 is 19.1 Å². The van der Waals surface area contributed by atoms with E-state index in [1.54, 1.807) is 30.3 Å². The van der Waals surface area contributed by atoms with Crippen molar-refractivity contribution in [1.82, 2.24) is 5.32 Å². The summed E-state index contributed by atoms with van der Waals surface area (Å²) in [6.45, 7) is 0. The highest BCUT2D eigenvalue weighted by Gasteiger charge is 2.28. The van der Waals surface area contributed by atoms with E-state index in [4.69, 9.17) is 0 Å². The minimum Gasteiger partial charge on any atom is -0.466 e. The molecule has 0 aromatic heterocycles. The molecule has 1 aliphatic rings. The zero-order chi connectivity index (χ0) is 13.8. The summed E-state index contributed by atoms with van der Waals surface area (Å²) in [6, 6.07) is 8.48. The van der Waals surface area contributed by atoms with E-state index in [0.717, 1.165) is 0 Å². The van der Waals surface area contributed by atoms with Gasteiger partial charge in [-0.3, -0.25) is 9.59 Å². The number of nitrogens with one attached hydrogen (secondary N) is 1. The van der Waals surface area contributed by atoms with Gasteiger partial charge < -0.3 is 10.1 Å². The van der Waals surface area contributed by atoms with E-state index in [1.165, 1.54) is 7.11 Å². The van der Waals surface area contributed by atoms with E-state index >= 15 is 0 Å². The monoisotopic (exact) mass is 259 g/mol. The Morgan fingerprint density at radius 2 is 1.84 bits per heavy atom. The number of ether oxygens (including phenoxy) is 1. The molecule has 1 N–H and O–H groups in total.